The number of carbonyl (C=O) groups is 1. The van der Waals surface area contributed by atoms with Crippen LogP contribution in [0.2, 0.25) is 0 Å². The van der Waals surface area contributed by atoms with E-state index in [1.807, 2.05) is 29.6 Å². The van der Waals surface area contributed by atoms with Crippen molar-refractivity contribution in [2.75, 3.05) is 0 Å². The Morgan fingerprint density at radius 3 is 2.86 bits per heavy atom. The third kappa shape index (κ3) is 3.29. The summed E-state index contributed by atoms with van der Waals surface area (Å²) in [6, 6.07) is 12.0. The van der Waals surface area contributed by atoms with E-state index < -0.39 is 5.78 Å². The second kappa shape index (κ2) is 6.36. The van der Waals surface area contributed by atoms with Crippen LogP contribution in [-0.2, 0) is 6.42 Å². The minimum atomic E-state index is -0.411. The molecule has 0 fully saturated rings. The van der Waals surface area contributed by atoms with E-state index in [0.29, 0.717) is 5.56 Å². The van der Waals surface area contributed by atoms with E-state index in [4.69, 9.17) is 0 Å². The maximum atomic E-state index is 11.8. The molecule has 0 radical (unpaired) electrons. The summed E-state index contributed by atoms with van der Waals surface area (Å²) in [6.45, 7) is 0. The molecule has 0 amide bonds. The Bertz CT molecular complexity index is 792. The molecule has 110 valence electrons. The van der Waals surface area contributed by atoms with Gasteiger partial charge in [-0.05, 0) is 11.6 Å². The van der Waals surface area contributed by atoms with Gasteiger partial charge in [-0.25, -0.2) is 4.98 Å². The van der Waals surface area contributed by atoms with Crippen molar-refractivity contribution in [3.63, 3.8) is 0 Å². The number of rotatable bonds is 5. The number of nitrogens with one attached hydrogen (secondary N) is 1. The molecule has 0 saturated carbocycles. The fraction of sp³-hybridized carbons (Fsp3) is 0.0625. The summed E-state index contributed by atoms with van der Waals surface area (Å²) in [5, 5.41) is 18.0. The molecule has 6 heteroatoms. The van der Waals surface area contributed by atoms with E-state index in [0.717, 1.165) is 17.4 Å². The van der Waals surface area contributed by atoms with Gasteiger partial charge in [0.2, 0.25) is 5.78 Å². The van der Waals surface area contributed by atoms with Crippen LogP contribution in [0.25, 0.3) is 5.76 Å². The number of aromatic nitrogens is 3. The number of aliphatic hydroxyl groups is 1. The van der Waals surface area contributed by atoms with Crippen LogP contribution in [0.5, 0.6) is 0 Å². The molecule has 2 heterocycles. The summed E-state index contributed by atoms with van der Waals surface area (Å²) in [4.78, 5) is 16.7. The molecular weight excluding hydrogens is 298 g/mol. The Labute approximate surface area is 131 Å². The number of nitrogens with zero attached hydrogens (tertiary/aromatic N) is 2. The highest BCUT2D eigenvalue weighted by Crippen LogP contribution is 2.23. The van der Waals surface area contributed by atoms with Crippen LogP contribution >= 0.6 is 11.3 Å². The minimum absolute atomic E-state index is 0.0723. The van der Waals surface area contributed by atoms with Gasteiger partial charge in [-0.1, -0.05) is 30.3 Å². The summed E-state index contributed by atoms with van der Waals surface area (Å²) in [5.41, 5.74) is 1.83. The van der Waals surface area contributed by atoms with Crippen molar-refractivity contribution in [2.24, 2.45) is 0 Å². The summed E-state index contributed by atoms with van der Waals surface area (Å²) in [6.07, 6.45) is 3.20. The second-order valence-corrected chi connectivity index (χ2v) is 5.69. The summed E-state index contributed by atoms with van der Waals surface area (Å²) in [7, 11) is 0. The standard InChI is InChI=1S/C16H13N3O2S/c20-14(8-15(21)16-17-10-18-19-16)12-7-13(22-9-12)6-11-4-2-1-3-5-11/h1-5,7-10,20H,6H2,(H,17,18,19). The summed E-state index contributed by atoms with van der Waals surface area (Å²) >= 11 is 1.55. The minimum Gasteiger partial charge on any atom is -0.507 e. The van der Waals surface area contributed by atoms with Crippen molar-refractivity contribution >= 4 is 22.9 Å². The number of carbonyl (C=O) groups excluding carboxylic acids is 1. The smallest absolute Gasteiger partial charge is 0.226 e. The number of aliphatic hydroxyl groups excluding tert-OH is 1. The molecule has 0 atom stereocenters. The number of hydrogen-bond donors (Lipinski definition) is 2. The maximum absolute atomic E-state index is 11.8. The quantitative estimate of drug-likeness (QED) is 0.431. The van der Waals surface area contributed by atoms with E-state index >= 15 is 0 Å². The molecule has 2 N–H and O–H groups in total. The molecule has 22 heavy (non-hydrogen) atoms. The Hall–Kier alpha value is -2.73. The van der Waals surface area contributed by atoms with Gasteiger partial charge < -0.3 is 5.11 Å². The third-order valence-electron chi connectivity index (χ3n) is 3.09. The molecule has 5 nitrogen and oxygen atoms in total. The van der Waals surface area contributed by atoms with Crippen molar-refractivity contribution < 1.29 is 9.90 Å². The predicted octanol–water partition coefficient (Wildman–Crippen LogP) is 3.24. The number of aromatic amines is 1. The van der Waals surface area contributed by atoms with Crippen molar-refractivity contribution in [1.82, 2.24) is 15.2 Å². The van der Waals surface area contributed by atoms with E-state index in [1.165, 1.54) is 11.9 Å². The van der Waals surface area contributed by atoms with Gasteiger partial charge >= 0.3 is 0 Å². The number of H-pyrrole nitrogens is 1. The van der Waals surface area contributed by atoms with E-state index in [9.17, 15) is 9.90 Å². The van der Waals surface area contributed by atoms with Crippen molar-refractivity contribution in [2.45, 2.75) is 6.42 Å². The van der Waals surface area contributed by atoms with Crippen LogP contribution in [0.15, 0.2) is 54.2 Å². The third-order valence-corrected chi connectivity index (χ3v) is 4.02. The monoisotopic (exact) mass is 311 g/mol. The molecule has 0 aliphatic carbocycles. The SMILES string of the molecule is O=C(C=C(O)c1csc(Cc2ccccc2)c1)c1ncn[nH]1. The van der Waals surface area contributed by atoms with Crippen LogP contribution in [0.4, 0.5) is 0 Å². The topological polar surface area (TPSA) is 78.9 Å². The molecule has 1 aromatic carbocycles. The van der Waals surface area contributed by atoms with Gasteiger partial charge in [0.05, 0.1) is 0 Å². The van der Waals surface area contributed by atoms with Gasteiger partial charge in [-0.2, -0.15) is 5.10 Å². The van der Waals surface area contributed by atoms with Crippen molar-refractivity contribution in [3.8, 4) is 0 Å². The molecule has 0 aliphatic rings. The van der Waals surface area contributed by atoms with Gasteiger partial charge in [0.25, 0.3) is 0 Å². The molecule has 0 unspecified atom stereocenters. The van der Waals surface area contributed by atoms with Gasteiger partial charge in [0.15, 0.2) is 5.82 Å². The van der Waals surface area contributed by atoms with Crippen LogP contribution in [0.1, 0.15) is 26.6 Å². The first-order valence-electron chi connectivity index (χ1n) is 6.64. The van der Waals surface area contributed by atoms with E-state index in [2.05, 4.69) is 27.3 Å². The zero-order valence-corrected chi connectivity index (χ0v) is 12.4. The van der Waals surface area contributed by atoms with Crippen molar-refractivity contribution in [1.29, 1.82) is 0 Å². The maximum Gasteiger partial charge on any atom is 0.226 e. The molecule has 0 spiro atoms. The largest absolute Gasteiger partial charge is 0.507 e. The second-order valence-electron chi connectivity index (χ2n) is 4.69. The molecule has 3 rings (SSSR count). The van der Waals surface area contributed by atoms with Crippen LogP contribution in [0, 0.1) is 0 Å². The number of benzene rings is 1. The number of hydrogen-bond acceptors (Lipinski definition) is 5. The molecule has 3 aromatic rings. The van der Waals surface area contributed by atoms with Crippen molar-refractivity contribution in [3.05, 3.63) is 76.0 Å². The number of thiophene rings is 1. The first-order chi connectivity index (χ1) is 10.7. The lowest BCUT2D eigenvalue weighted by molar-refractivity contribution is 0.103. The van der Waals surface area contributed by atoms with E-state index in [1.54, 1.807) is 11.3 Å². The Morgan fingerprint density at radius 2 is 2.14 bits per heavy atom. The van der Waals surface area contributed by atoms with Crippen LogP contribution in [-0.4, -0.2) is 26.1 Å². The van der Waals surface area contributed by atoms with Gasteiger partial charge in [-0.3, -0.25) is 9.89 Å². The molecule has 2 aromatic heterocycles. The average Bonchev–Trinajstić information content (AvgIpc) is 3.19. The highest BCUT2D eigenvalue weighted by molar-refractivity contribution is 7.10. The first kappa shape index (κ1) is 14.2. The number of allylic oxidation sites excluding steroid dienone is 1. The molecular formula is C16H13N3O2S. The fourth-order valence-electron chi connectivity index (χ4n) is 2.00. The zero-order valence-electron chi connectivity index (χ0n) is 11.6. The lowest BCUT2D eigenvalue weighted by Gasteiger charge is -1.97. The highest BCUT2D eigenvalue weighted by atomic mass is 32.1. The predicted molar refractivity (Wildman–Crippen MR) is 84.9 cm³/mol. The normalized spacial score (nSPS) is 11.5. The molecule has 0 bridgehead atoms. The van der Waals surface area contributed by atoms with E-state index in [-0.39, 0.29) is 11.6 Å². The molecule has 0 saturated heterocycles. The Balaban J connectivity index is 1.74. The number of ketones is 1. The fourth-order valence-corrected chi connectivity index (χ4v) is 2.92. The lowest BCUT2D eigenvalue weighted by Crippen LogP contribution is -1.99. The lowest BCUT2D eigenvalue weighted by atomic mass is 10.1. The van der Waals surface area contributed by atoms with Gasteiger partial charge in [0.1, 0.15) is 12.1 Å². The van der Waals surface area contributed by atoms with Gasteiger partial charge in [0, 0.05) is 28.3 Å². The summed E-state index contributed by atoms with van der Waals surface area (Å²) in [5.74, 6) is -0.381. The van der Waals surface area contributed by atoms with Gasteiger partial charge in [-0.15, -0.1) is 11.3 Å². The Kier molecular flexibility index (Phi) is 4.11. The first-order valence-corrected chi connectivity index (χ1v) is 7.52. The van der Waals surface area contributed by atoms with Crippen LogP contribution < -0.4 is 0 Å². The zero-order chi connectivity index (χ0) is 15.4. The van der Waals surface area contributed by atoms with Crippen LogP contribution in [0.3, 0.4) is 0 Å². The Morgan fingerprint density at radius 1 is 1.32 bits per heavy atom. The average molecular weight is 311 g/mol. The summed E-state index contributed by atoms with van der Waals surface area (Å²) < 4.78 is 0. The highest BCUT2D eigenvalue weighted by Gasteiger charge is 2.10. The molecule has 0 aliphatic heterocycles.